The summed E-state index contributed by atoms with van der Waals surface area (Å²) in [5.41, 5.74) is 3.06. The Labute approximate surface area is 169 Å². The number of anilines is 3. The summed E-state index contributed by atoms with van der Waals surface area (Å²) in [6.07, 6.45) is 4.02. The van der Waals surface area contributed by atoms with E-state index in [9.17, 15) is 9.18 Å². The molecule has 6 heteroatoms. The smallest absolute Gasteiger partial charge is 0.253 e. The van der Waals surface area contributed by atoms with Crippen LogP contribution in [0, 0.1) is 5.82 Å². The van der Waals surface area contributed by atoms with Gasteiger partial charge in [-0.05, 0) is 55.3 Å². The van der Waals surface area contributed by atoms with E-state index in [1.807, 2.05) is 12.1 Å². The van der Waals surface area contributed by atoms with Crippen molar-refractivity contribution in [2.24, 2.45) is 0 Å². The number of pyridine rings is 1. The molecule has 1 amide bonds. The number of rotatable bonds is 6. The Balaban J connectivity index is 1.33. The number of nitrogens with one attached hydrogen (secondary N) is 2. The molecule has 0 radical (unpaired) electrons. The fourth-order valence-electron chi connectivity index (χ4n) is 3.40. The Bertz CT molecular complexity index is 967. The zero-order valence-electron chi connectivity index (χ0n) is 16.1. The Morgan fingerprint density at radius 3 is 2.45 bits per heavy atom. The topological polar surface area (TPSA) is 57.3 Å². The second kappa shape index (κ2) is 8.73. The van der Waals surface area contributed by atoms with E-state index in [0.29, 0.717) is 16.9 Å². The highest BCUT2D eigenvalue weighted by Crippen LogP contribution is 2.23. The number of hydrogen-bond acceptors (Lipinski definition) is 4. The maximum Gasteiger partial charge on any atom is 0.253 e. The van der Waals surface area contributed by atoms with Crippen LogP contribution in [0.5, 0.6) is 0 Å². The van der Waals surface area contributed by atoms with Crippen molar-refractivity contribution in [1.29, 1.82) is 0 Å². The maximum atomic E-state index is 13.6. The molecule has 2 heterocycles. The molecule has 1 aromatic heterocycles. The third-order valence-corrected chi connectivity index (χ3v) is 5.03. The van der Waals surface area contributed by atoms with Gasteiger partial charge in [0.1, 0.15) is 11.6 Å². The van der Waals surface area contributed by atoms with Gasteiger partial charge < -0.3 is 15.5 Å². The summed E-state index contributed by atoms with van der Waals surface area (Å²) in [5, 5.41) is 5.96. The highest BCUT2D eigenvalue weighted by Gasteiger charge is 2.12. The molecule has 2 aromatic carbocycles. The Morgan fingerprint density at radius 2 is 1.76 bits per heavy atom. The van der Waals surface area contributed by atoms with Gasteiger partial charge in [0.25, 0.3) is 5.91 Å². The van der Waals surface area contributed by atoms with Gasteiger partial charge in [0.05, 0.1) is 5.56 Å². The van der Waals surface area contributed by atoms with Crippen molar-refractivity contribution in [1.82, 2.24) is 10.3 Å². The molecule has 2 N–H and O–H groups in total. The maximum absolute atomic E-state index is 13.6. The second-order valence-corrected chi connectivity index (χ2v) is 7.07. The molecule has 1 saturated heterocycles. The van der Waals surface area contributed by atoms with E-state index in [2.05, 4.69) is 32.7 Å². The minimum Gasteiger partial charge on any atom is -0.372 e. The molecule has 0 atom stereocenters. The molecule has 0 saturated carbocycles. The largest absolute Gasteiger partial charge is 0.372 e. The van der Waals surface area contributed by atoms with Crippen molar-refractivity contribution in [3.8, 4) is 0 Å². The number of benzene rings is 2. The zero-order chi connectivity index (χ0) is 20.1. The first-order valence-electron chi connectivity index (χ1n) is 9.79. The van der Waals surface area contributed by atoms with Crippen LogP contribution < -0.4 is 15.5 Å². The van der Waals surface area contributed by atoms with Crippen molar-refractivity contribution in [2.75, 3.05) is 23.3 Å². The van der Waals surface area contributed by atoms with Crippen LogP contribution in [0.3, 0.4) is 0 Å². The number of carbonyl (C=O) groups is 1. The van der Waals surface area contributed by atoms with Gasteiger partial charge >= 0.3 is 0 Å². The molecule has 0 aliphatic carbocycles. The summed E-state index contributed by atoms with van der Waals surface area (Å²) >= 11 is 0. The lowest BCUT2D eigenvalue weighted by Crippen LogP contribution is -2.23. The van der Waals surface area contributed by atoms with Crippen LogP contribution in [0.15, 0.2) is 66.9 Å². The number of aromatic nitrogens is 1. The third-order valence-electron chi connectivity index (χ3n) is 5.03. The summed E-state index contributed by atoms with van der Waals surface area (Å²) in [4.78, 5) is 19.0. The van der Waals surface area contributed by atoms with Crippen LogP contribution in [-0.2, 0) is 6.54 Å². The Morgan fingerprint density at radius 1 is 1.00 bits per heavy atom. The van der Waals surface area contributed by atoms with Gasteiger partial charge in [0.2, 0.25) is 0 Å². The average molecular weight is 390 g/mol. The van der Waals surface area contributed by atoms with Crippen LogP contribution in [0.1, 0.15) is 28.8 Å². The van der Waals surface area contributed by atoms with Crippen LogP contribution in [0.4, 0.5) is 21.6 Å². The number of amides is 1. The average Bonchev–Trinajstić information content (AvgIpc) is 3.29. The summed E-state index contributed by atoms with van der Waals surface area (Å²) in [7, 11) is 0. The zero-order valence-corrected chi connectivity index (χ0v) is 16.1. The molecular weight excluding hydrogens is 367 g/mol. The van der Waals surface area contributed by atoms with E-state index in [1.54, 1.807) is 30.3 Å². The summed E-state index contributed by atoms with van der Waals surface area (Å²) in [6.45, 7) is 2.37. The van der Waals surface area contributed by atoms with Gasteiger partial charge in [-0.2, -0.15) is 0 Å². The van der Waals surface area contributed by atoms with Crippen molar-refractivity contribution < 1.29 is 9.18 Å². The van der Waals surface area contributed by atoms with Crippen molar-refractivity contribution >= 4 is 23.1 Å². The monoisotopic (exact) mass is 390 g/mol. The molecule has 0 unspecified atom stereocenters. The Hall–Kier alpha value is -3.41. The normalized spacial score (nSPS) is 13.3. The molecule has 3 aromatic rings. The molecule has 5 nitrogen and oxygen atoms in total. The first kappa shape index (κ1) is 18.9. The van der Waals surface area contributed by atoms with E-state index in [4.69, 9.17) is 0 Å². The number of hydrogen-bond donors (Lipinski definition) is 2. The lowest BCUT2D eigenvalue weighted by molar-refractivity contribution is 0.0950. The van der Waals surface area contributed by atoms with Crippen LogP contribution >= 0.6 is 0 Å². The second-order valence-electron chi connectivity index (χ2n) is 7.07. The minimum absolute atomic E-state index is 0.134. The predicted octanol–water partition coefficient (Wildman–Crippen LogP) is 4.49. The first-order valence-corrected chi connectivity index (χ1v) is 9.79. The summed E-state index contributed by atoms with van der Waals surface area (Å²) < 4.78 is 13.6. The quantitative estimate of drug-likeness (QED) is 0.651. The van der Waals surface area contributed by atoms with E-state index in [1.165, 1.54) is 30.8 Å². The molecule has 1 aliphatic rings. The van der Waals surface area contributed by atoms with Gasteiger partial charge in [-0.3, -0.25) is 4.79 Å². The van der Waals surface area contributed by atoms with Gasteiger partial charge in [0, 0.05) is 42.8 Å². The van der Waals surface area contributed by atoms with E-state index in [0.717, 1.165) is 18.8 Å². The predicted molar refractivity (Wildman–Crippen MR) is 113 cm³/mol. The van der Waals surface area contributed by atoms with E-state index < -0.39 is 0 Å². The number of halogens is 1. The van der Waals surface area contributed by atoms with Crippen molar-refractivity contribution in [3.05, 3.63) is 83.8 Å². The highest BCUT2D eigenvalue weighted by atomic mass is 19.1. The van der Waals surface area contributed by atoms with Gasteiger partial charge in [-0.25, -0.2) is 9.37 Å². The summed E-state index contributed by atoms with van der Waals surface area (Å²) in [5.74, 6) is 0.0352. The molecule has 0 spiro atoms. The Kier molecular flexibility index (Phi) is 5.70. The molecule has 4 rings (SSSR count). The summed E-state index contributed by atoms with van der Waals surface area (Å²) in [6, 6.07) is 18.1. The van der Waals surface area contributed by atoms with E-state index in [-0.39, 0.29) is 18.3 Å². The van der Waals surface area contributed by atoms with Crippen LogP contribution in [0.25, 0.3) is 0 Å². The van der Waals surface area contributed by atoms with Crippen molar-refractivity contribution in [2.45, 2.75) is 19.4 Å². The first-order chi connectivity index (χ1) is 14.2. The number of nitrogens with zero attached hydrogens (tertiary/aromatic N) is 2. The molecule has 1 fully saturated rings. The van der Waals surface area contributed by atoms with Gasteiger partial charge in [0.15, 0.2) is 0 Å². The standard InChI is InChI=1S/C23H23FN4O/c24-21-6-2-1-5-17(21)15-26-23(29)18-7-12-22(25-16-18)27-19-8-10-20(11-9-19)28-13-3-4-14-28/h1-2,5-12,16H,3-4,13-15H2,(H,25,27)(H,26,29). The lowest BCUT2D eigenvalue weighted by atomic mass is 10.2. The fourth-order valence-corrected chi connectivity index (χ4v) is 3.40. The van der Waals surface area contributed by atoms with E-state index >= 15 is 0 Å². The molecule has 148 valence electrons. The molecule has 1 aliphatic heterocycles. The van der Waals surface area contributed by atoms with Crippen LogP contribution in [0.2, 0.25) is 0 Å². The van der Waals surface area contributed by atoms with Crippen LogP contribution in [-0.4, -0.2) is 24.0 Å². The SMILES string of the molecule is O=C(NCc1ccccc1F)c1ccc(Nc2ccc(N3CCCC3)cc2)nc1. The van der Waals surface area contributed by atoms with Gasteiger partial charge in [-0.15, -0.1) is 0 Å². The molecule has 0 bridgehead atoms. The lowest BCUT2D eigenvalue weighted by Gasteiger charge is -2.17. The number of carbonyl (C=O) groups excluding carboxylic acids is 1. The minimum atomic E-state index is -0.332. The van der Waals surface area contributed by atoms with Crippen molar-refractivity contribution in [3.63, 3.8) is 0 Å². The van der Waals surface area contributed by atoms with Gasteiger partial charge in [-0.1, -0.05) is 18.2 Å². The molecular formula is C23H23FN4O. The third kappa shape index (κ3) is 4.71. The highest BCUT2D eigenvalue weighted by molar-refractivity contribution is 5.94. The fraction of sp³-hybridized carbons (Fsp3) is 0.217. The molecule has 29 heavy (non-hydrogen) atoms.